The molecule has 0 spiro atoms. The van der Waals surface area contributed by atoms with Crippen molar-refractivity contribution in [3.8, 4) is 15.6 Å². The number of hydrogen-bond acceptors (Lipinski definition) is 7. The van der Waals surface area contributed by atoms with E-state index in [2.05, 4.69) is 9.88 Å². The number of ether oxygens (including phenoxy) is 1. The molecular formula is C20H23N3O3S3. The molecule has 4 rings (SSSR count). The second-order valence-electron chi connectivity index (χ2n) is 6.89. The van der Waals surface area contributed by atoms with Crippen molar-refractivity contribution in [2.24, 2.45) is 0 Å². The van der Waals surface area contributed by atoms with Crippen molar-refractivity contribution >= 4 is 38.4 Å². The second kappa shape index (κ2) is 8.06. The molecule has 1 saturated heterocycles. The van der Waals surface area contributed by atoms with Gasteiger partial charge in [0.1, 0.15) is 10.8 Å². The number of thiazole rings is 1. The molecule has 9 heteroatoms. The summed E-state index contributed by atoms with van der Waals surface area (Å²) in [5.41, 5.74) is 1.95. The van der Waals surface area contributed by atoms with E-state index in [1.54, 1.807) is 28.8 Å². The number of aromatic nitrogens is 1. The lowest BCUT2D eigenvalue weighted by molar-refractivity contribution is 0.378. The number of aryl methyl sites for hydroxylation is 2. The fourth-order valence-electron chi connectivity index (χ4n) is 3.49. The molecule has 3 heterocycles. The molecule has 154 valence electrons. The lowest BCUT2D eigenvalue weighted by Gasteiger charge is -2.35. The maximum absolute atomic E-state index is 13.3. The van der Waals surface area contributed by atoms with Crippen LogP contribution in [0.4, 0.5) is 5.69 Å². The van der Waals surface area contributed by atoms with E-state index in [0.29, 0.717) is 31.1 Å². The third-order valence-corrected chi connectivity index (χ3v) is 9.32. The van der Waals surface area contributed by atoms with Crippen LogP contribution in [-0.4, -0.2) is 51.0 Å². The van der Waals surface area contributed by atoms with Gasteiger partial charge in [0.25, 0.3) is 0 Å². The number of thiophene rings is 1. The average Bonchev–Trinajstić information content (AvgIpc) is 3.34. The van der Waals surface area contributed by atoms with Crippen LogP contribution in [0.1, 0.15) is 10.6 Å². The van der Waals surface area contributed by atoms with Crippen molar-refractivity contribution in [2.45, 2.75) is 18.7 Å². The number of para-hydroxylation sites is 2. The van der Waals surface area contributed by atoms with E-state index in [1.807, 2.05) is 43.5 Å². The third-order valence-electron chi connectivity index (χ3n) is 4.98. The molecule has 0 radical (unpaired) electrons. The summed E-state index contributed by atoms with van der Waals surface area (Å²) in [6, 6.07) is 9.62. The summed E-state index contributed by atoms with van der Waals surface area (Å²) in [5, 5.41) is 2.85. The third kappa shape index (κ3) is 3.92. The standard InChI is InChI=1S/C20H23N3O3S3/c1-14-13-27-20(21-14)18-12-19(15(2)28-18)29(24,25)23-10-8-22(9-11-23)16-6-4-5-7-17(16)26-3/h4-7,12-13H,8-11H2,1-3H3. The molecule has 1 aliphatic heterocycles. The van der Waals surface area contributed by atoms with Crippen LogP contribution in [0.2, 0.25) is 0 Å². The molecule has 3 aromatic rings. The summed E-state index contributed by atoms with van der Waals surface area (Å²) >= 11 is 3.03. The number of benzene rings is 1. The lowest BCUT2D eigenvalue weighted by Crippen LogP contribution is -2.48. The zero-order valence-electron chi connectivity index (χ0n) is 16.6. The summed E-state index contributed by atoms with van der Waals surface area (Å²) in [4.78, 5) is 8.78. The Morgan fingerprint density at radius 2 is 1.83 bits per heavy atom. The highest BCUT2D eigenvalue weighted by Crippen LogP contribution is 2.37. The van der Waals surface area contributed by atoms with Gasteiger partial charge in [0.2, 0.25) is 10.0 Å². The summed E-state index contributed by atoms with van der Waals surface area (Å²) in [6.07, 6.45) is 0. The van der Waals surface area contributed by atoms with E-state index >= 15 is 0 Å². The number of anilines is 1. The first kappa shape index (κ1) is 20.3. The van der Waals surface area contributed by atoms with E-state index in [4.69, 9.17) is 4.74 Å². The predicted octanol–water partition coefficient (Wildman–Crippen LogP) is 4.01. The minimum absolute atomic E-state index is 0.399. The van der Waals surface area contributed by atoms with Gasteiger partial charge in [-0.3, -0.25) is 0 Å². The van der Waals surface area contributed by atoms with E-state index in [1.165, 1.54) is 11.3 Å². The van der Waals surface area contributed by atoms with Crippen LogP contribution in [-0.2, 0) is 10.0 Å². The summed E-state index contributed by atoms with van der Waals surface area (Å²) < 4.78 is 33.6. The minimum atomic E-state index is -3.53. The van der Waals surface area contributed by atoms with Gasteiger partial charge in [0, 0.05) is 42.1 Å². The highest BCUT2D eigenvalue weighted by Gasteiger charge is 2.31. The number of methoxy groups -OCH3 is 1. The SMILES string of the molecule is COc1ccccc1N1CCN(S(=O)(=O)c2cc(-c3nc(C)cs3)sc2C)CC1. The molecule has 0 N–H and O–H groups in total. The van der Waals surface area contributed by atoms with E-state index in [0.717, 1.165) is 31.9 Å². The zero-order valence-corrected chi connectivity index (χ0v) is 19.0. The minimum Gasteiger partial charge on any atom is -0.495 e. The molecule has 1 fully saturated rings. The van der Waals surface area contributed by atoms with E-state index < -0.39 is 10.0 Å². The molecular weight excluding hydrogens is 426 g/mol. The number of hydrogen-bond donors (Lipinski definition) is 0. The van der Waals surface area contributed by atoms with Crippen LogP contribution in [0.5, 0.6) is 5.75 Å². The molecule has 29 heavy (non-hydrogen) atoms. The summed E-state index contributed by atoms with van der Waals surface area (Å²) in [6.45, 7) is 5.96. The van der Waals surface area contributed by atoms with Crippen molar-refractivity contribution in [1.29, 1.82) is 0 Å². The van der Waals surface area contributed by atoms with E-state index in [9.17, 15) is 8.42 Å². The Morgan fingerprint density at radius 3 is 2.48 bits per heavy atom. The topological polar surface area (TPSA) is 62.7 Å². The zero-order chi connectivity index (χ0) is 20.6. The molecule has 0 unspecified atom stereocenters. The number of rotatable bonds is 5. The van der Waals surface area contributed by atoms with Crippen molar-refractivity contribution < 1.29 is 13.2 Å². The molecule has 0 amide bonds. The van der Waals surface area contributed by atoms with Gasteiger partial charge in [-0.25, -0.2) is 13.4 Å². The maximum Gasteiger partial charge on any atom is 0.244 e. The summed E-state index contributed by atoms with van der Waals surface area (Å²) in [5.74, 6) is 0.806. The normalized spacial score (nSPS) is 15.6. The van der Waals surface area contributed by atoms with Crippen molar-refractivity contribution in [1.82, 2.24) is 9.29 Å². The largest absolute Gasteiger partial charge is 0.495 e. The Morgan fingerprint density at radius 1 is 1.10 bits per heavy atom. The molecule has 1 aromatic carbocycles. The van der Waals surface area contributed by atoms with Gasteiger partial charge in [-0.05, 0) is 32.0 Å². The molecule has 6 nitrogen and oxygen atoms in total. The first-order valence-corrected chi connectivity index (χ1v) is 12.4. The van der Waals surface area contributed by atoms with Crippen LogP contribution in [0, 0.1) is 13.8 Å². The first-order valence-electron chi connectivity index (χ1n) is 9.31. The first-order chi connectivity index (χ1) is 13.9. The fourth-order valence-corrected chi connectivity index (χ4v) is 7.34. The number of piperazine rings is 1. The van der Waals surface area contributed by atoms with Crippen molar-refractivity contribution in [2.75, 3.05) is 38.2 Å². The monoisotopic (exact) mass is 449 g/mol. The molecule has 0 aliphatic carbocycles. The van der Waals surface area contributed by atoms with Crippen molar-refractivity contribution in [3.05, 3.63) is 46.3 Å². The summed E-state index contributed by atoms with van der Waals surface area (Å²) in [7, 11) is -1.88. The average molecular weight is 450 g/mol. The van der Waals surface area contributed by atoms with Crippen LogP contribution >= 0.6 is 22.7 Å². The lowest BCUT2D eigenvalue weighted by atomic mass is 10.2. The van der Waals surface area contributed by atoms with Crippen LogP contribution in [0.25, 0.3) is 9.88 Å². The Hall–Kier alpha value is -1.94. The predicted molar refractivity (Wildman–Crippen MR) is 119 cm³/mol. The Labute approximate surface area is 179 Å². The Balaban J connectivity index is 1.53. The number of nitrogens with zero attached hydrogens (tertiary/aromatic N) is 3. The molecule has 2 aromatic heterocycles. The maximum atomic E-state index is 13.3. The van der Waals surface area contributed by atoms with Gasteiger partial charge in [-0.1, -0.05) is 12.1 Å². The molecule has 1 aliphatic rings. The van der Waals surface area contributed by atoms with Crippen LogP contribution in [0.3, 0.4) is 0 Å². The highest BCUT2D eigenvalue weighted by atomic mass is 32.2. The van der Waals surface area contributed by atoms with Crippen LogP contribution in [0.15, 0.2) is 40.6 Å². The molecule has 0 bridgehead atoms. The quantitative estimate of drug-likeness (QED) is 0.589. The van der Waals surface area contributed by atoms with Gasteiger partial charge < -0.3 is 9.64 Å². The van der Waals surface area contributed by atoms with Crippen LogP contribution < -0.4 is 9.64 Å². The van der Waals surface area contributed by atoms with Gasteiger partial charge in [0.15, 0.2) is 0 Å². The second-order valence-corrected chi connectivity index (χ2v) is 10.9. The van der Waals surface area contributed by atoms with Crippen molar-refractivity contribution in [3.63, 3.8) is 0 Å². The van der Waals surface area contributed by atoms with Gasteiger partial charge in [-0.15, -0.1) is 22.7 Å². The molecule has 0 saturated carbocycles. The van der Waals surface area contributed by atoms with Gasteiger partial charge >= 0.3 is 0 Å². The number of sulfonamides is 1. The Kier molecular flexibility index (Phi) is 5.65. The Bertz CT molecular complexity index is 1110. The van der Waals surface area contributed by atoms with Gasteiger partial charge in [-0.2, -0.15) is 4.31 Å². The fraction of sp³-hybridized carbons (Fsp3) is 0.350. The van der Waals surface area contributed by atoms with Gasteiger partial charge in [0.05, 0.1) is 22.6 Å². The van der Waals surface area contributed by atoms with E-state index in [-0.39, 0.29) is 0 Å². The highest BCUT2D eigenvalue weighted by molar-refractivity contribution is 7.89. The molecule has 0 atom stereocenters. The smallest absolute Gasteiger partial charge is 0.244 e.